The van der Waals surface area contributed by atoms with Crippen molar-refractivity contribution in [3.8, 4) is 5.75 Å². The molecule has 0 bridgehead atoms. The second kappa shape index (κ2) is 12.0. The van der Waals surface area contributed by atoms with Crippen LogP contribution in [-0.4, -0.2) is 13.2 Å². The molecule has 120 valence electrons. The van der Waals surface area contributed by atoms with Crippen molar-refractivity contribution < 1.29 is 4.74 Å². The van der Waals surface area contributed by atoms with Gasteiger partial charge in [0.15, 0.2) is 0 Å². The summed E-state index contributed by atoms with van der Waals surface area (Å²) in [6.07, 6.45) is 11.5. The van der Waals surface area contributed by atoms with Crippen LogP contribution in [-0.2, 0) is 6.42 Å². The maximum Gasteiger partial charge on any atom is 0.136 e. The summed E-state index contributed by atoms with van der Waals surface area (Å²) in [4.78, 5) is 0. The molecule has 0 atom stereocenters. The van der Waals surface area contributed by atoms with Crippen molar-refractivity contribution >= 4 is 15.9 Å². The van der Waals surface area contributed by atoms with E-state index in [1.807, 2.05) is 12.1 Å². The normalized spacial score (nSPS) is 10.8. The number of hydrogen-bond acceptors (Lipinski definition) is 2. The molecular formula is C18H30BrNO. The summed E-state index contributed by atoms with van der Waals surface area (Å²) < 4.78 is 7.00. The number of ether oxygens (including phenoxy) is 1. The minimum absolute atomic E-state index is 0.657. The molecule has 0 spiro atoms. The third-order valence-corrected chi connectivity index (χ3v) is 4.33. The molecular weight excluding hydrogens is 326 g/mol. The largest absolute Gasteiger partial charge is 0.492 e. The standard InChI is InChI=1S/C18H30BrNO/c1-2-3-4-5-6-7-8-9-15-21-18-16(13-14-20)11-10-12-17(18)19/h10-12H,2-9,13-15,20H2,1H3. The summed E-state index contributed by atoms with van der Waals surface area (Å²) >= 11 is 3.57. The average Bonchev–Trinajstić information content (AvgIpc) is 2.48. The van der Waals surface area contributed by atoms with Crippen LogP contribution in [0.25, 0.3) is 0 Å². The quantitative estimate of drug-likeness (QED) is 0.504. The predicted molar refractivity (Wildman–Crippen MR) is 95.0 cm³/mol. The van der Waals surface area contributed by atoms with Gasteiger partial charge < -0.3 is 10.5 Å². The van der Waals surface area contributed by atoms with Gasteiger partial charge in [-0.05, 0) is 46.9 Å². The van der Waals surface area contributed by atoms with Crippen LogP contribution in [0.3, 0.4) is 0 Å². The van der Waals surface area contributed by atoms with E-state index in [-0.39, 0.29) is 0 Å². The Labute approximate surface area is 138 Å². The van der Waals surface area contributed by atoms with Gasteiger partial charge in [0, 0.05) is 0 Å². The molecule has 0 fully saturated rings. The summed E-state index contributed by atoms with van der Waals surface area (Å²) in [5.74, 6) is 0.978. The lowest BCUT2D eigenvalue weighted by molar-refractivity contribution is 0.299. The lowest BCUT2D eigenvalue weighted by Crippen LogP contribution is -2.06. The first-order valence-corrected chi connectivity index (χ1v) is 9.19. The Morgan fingerprint density at radius 2 is 1.67 bits per heavy atom. The fourth-order valence-corrected chi connectivity index (χ4v) is 3.00. The van der Waals surface area contributed by atoms with Crippen LogP contribution in [0, 0.1) is 0 Å². The smallest absolute Gasteiger partial charge is 0.136 e. The number of unbranched alkanes of at least 4 members (excludes halogenated alkanes) is 7. The van der Waals surface area contributed by atoms with Crippen LogP contribution in [0.5, 0.6) is 5.75 Å². The summed E-state index contributed by atoms with van der Waals surface area (Å²) in [5, 5.41) is 0. The van der Waals surface area contributed by atoms with Crippen LogP contribution in [0.15, 0.2) is 22.7 Å². The molecule has 0 radical (unpaired) electrons. The van der Waals surface area contributed by atoms with Gasteiger partial charge in [0.25, 0.3) is 0 Å². The van der Waals surface area contributed by atoms with Gasteiger partial charge in [0.05, 0.1) is 11.1 Å². The van der Waals surface area contributed by atoms with Crippen molar-refractivity contribution in [1.82, 2.24) is 0 Å². The first-order chi connectivity index (χ1) is 10.3. The molecule has 0 aliphatic heterocycles. The van der Waals surface area contributed by atoms with Gasteiger partial charge in [-0.25, -0.2) is 0 Å². The van der Waals surface area contributed by atoms with E-state index in [4.69, 9.17) is 10.5 Å². The number of benzene rings is 1. The minimum Gasteiger partial charge on any atom is -0.492 e. The van der Waals surface area contributed by atoms with Gasteiger partial charge in [-0.3, -0.25) is 0 Å². The van der Waals surface area contributed by atoms with Crippen molar-refractivity contribution in [3.05, 3.63) is 28.2 Å². The van der Waals surface area contributed by atoms with Gasteiger partial charge in [0.2, 0.25) is 0 Å². The van der Waals surface area contributed by atoms with Crippen molar-refractivity contribution in [3.63, 3.8) is 0 Å². The Hall–Kier alpha value is -0.540. The minimum atomic E-state index is 0.657. The molecule has 2 nitrogen and oxygen atoms in total. The Morgan fingerprint density at radius 1 is 1.00 bits per heavy atom. The highest BCUT2D eigenvalue weighted by atomic mass is 79.9. The number of hydrogen-bond donors (Lipinski definition) is 1. The second-order valence-corrected chi connectivity index (χ2v) is 6.44. The van der Waals surface area contributed by atoms with E-state index >= 15 is 0 Å². The zero-order chi connectivity index (χ0) is 15.3. The van der Waals surface area contributed by atoms with Crippen molar-refractivity contribution in [1.29, 1.82) is 0 Å². The number of rotatable bonds is 12. The van der Waals surface area contributed by atoms with E-state index in [1.165, 1.54) is 50.5 Å². The fraction of sp³-hybridized carbons (Fsp3) is 0.667. The van der Waals surface area contributed by atoms with Gasteiger partial charge in [-0.15, -0.1) is 0 Å². The topological polar surface area (TPSA) is 35.2 Å². The van der Waals surface area contributed by atoms with Crippen LogP contribution in [0.1, 0.15) is 63.9 Å². The summed E-state index contributed by atoms with van der Waals surface area (Å²) in [6.45, 7) is 3.72. The summed E-state index contributed by atoms with van der Waals surface area (Å²) in [7, 11) is 0. The Bertz CT molecular complexity index is 381. The highest BCUT2D eigenvalue weighted by Gasteiger charge is 2.07. The molecule has 0 saturated heterocycles. The molecule has 2 N–H and O–H groups in total. The third-order valence-electron chi connectivity index (χ3n) is 3.71. The second-order valence-electron chi connectivity index (χ2n) is 5.59. The molecule has 1 aromatic rings. The van der Waals surface area contributed by atoms with Crippen LogP contribution < -0.4 is 10.5 Å². The van der Waals surface area contributed by atoms with E-state index < -0.39 is 0 Å². The predicted octanol–water partition coefficient (Wildman–Crippen LogP) is 5.47. The number of para-hydroxylation sites is 1. The van der Waals surface area contributed by atoms with Gasteiger partial charge in [0.1, 0.15) is 5.75 Å². The van der Waals surface area contributed by atoms with Gasteiger partial charge in [-0.1, -0.05) is 64.0 Å². The maximum atomic E-state index is 5.96. The highest BCUT2D eigenvalue weighted by Crippen LogP contribution is 2.29. The maximum absolute atomic E-state index is 5.96. The molecule has 0 saturated carbocycles. The molecule has 0 unspecified atom stereocenters. The van der Waals surface area contributed by atoms with E-state index in [1.54, 1.807) is 0 Å². The van der Waals surface area contributed by atoms with E-state index in [2.05, 4.69) is 28.9 Å². The van der Waals surface area contributed by atoms with Crippen LogP contribution in [0.2, 0.25) is 0 Å². The van der Waals surface area contributed by atoms with Gasteiger partial charge >= 0.3 is 0 Å². The average molecular weight is 356 g/mol. The van der Waals surface area contributed by atoms with Crippen molar-refractivity contribution in [2.75, 3.05) is 13.2 Å². The third kappa shape index (κ3) is 7.87. The molecule has 1 aromatic carbocycles. The SMILES string of the molecule is CCCCCCCCCCOc1c(Br)cccc1CCN. The van der Waals surface area contributed by atoms with E-state index in [0.717, 1.165) is 29.7 Å². The molecule has 21 heavy (non-hydrogen) atoms. The van der Waals surface area contributed by atoms with Crippen LogP contribution in [0.4, 0.5) is 0 Å². The van der Waals surface area contributed by atoms with E-state index in [9.17, 15) is 0 Å². The lowest BCUT2D eigenvalue weighted by atomic mass is 10.1. The molecule has 0 amide bonds. The Balaban J connectivity index is 2.18. The van der Waals surface area contributed by atoms with Gasteiger partial charge in [-0.2, -0.15) is 0 Å². The van der Waals surface area contributed by atoms with Crippen LogP contribution >= 0.6 is 15.9 Å². The number of halogens is 1. The summed E-state index contributed by atoms with van der Waals surface area (Å²) in [6, 6.07) is 6.17. The zero-order valence-corrected chi connectivity index (χ0v) is 15.0. The highest BCUT2D eigenvalue weighted by molar-refractivity contribution is 9.10. The first-order valence-electron chi connectivity index (χ1n) is 8.39. The molecule has 0 aliphatic rings. The monoisotopic (exact) mass is 355 g/mol. The first kappa shape index (κ1) is 18.5. The Kier molecular flexibility index (Phi) is 10.6. The molecule has 0 aliphatic carbocycles. The Morgan fingerprint density at radius 3 is 2.33 bits per heavy atom. The van der Waals surface area contributed by atoms with Crippen molar-refractivity contribution in [2.24, 2.45) is 5.73 Å². The fourth-order valence-electron chi connectivity index (χ4n) is 2.48. The van der Waals surface area contributed by atoms with E-state index in [0.29, 0.717) is 6.54 Å². The molecule has 1 rings (SSSR count). The summed E-state index contributed by atoms with van der Waals surface area (Å²) in [5.41, 5.74) is 6.85. The molecule has 3 heteroatoms. The lowest BCUT2D eigenvalue weighted by Gasteiger charge is -2.13. The van der Waals surface area contributed by atoms with Crippen molar-refractivity contribution in [2.45, 2.75) is 64.7 Å². The number of nitrogens with two attached hydrogens (primary N) is 1. The molecule has 0 aromatic heterocycles. The molecule has 0 heterocycles. The zero-order valence-electron chi connectivity index (χ0n) is 13.4.